The molecule has 1 heterocycles. The molecule has 0 aromatic heterocycles. The van der Waals surface area contributed by atoms with E-state index >= 15 is 0 Å². The molecule has 0 aliphatic carbocycles. The van der Waals surface area contributed by atoms with Crippen LogP contribution in [-0.2, 0) is 4.79 Å². The van der Waals surface area contributed by atoms with Crippen molar-refractivity contribution in [3.8, 4) is 5.75 Å². The highest BCUT2D eigenvalue weighted by atomic mass is 79.9. The molecule has 1 saturated heterocycles. The fraction of sp³-hybridized carbons (Fsp3) is 0.417. The van der Waals surface area contributed by atoms with Crippen molar-refractivity contribution >= 4 is 21.8 Å². The van der Waals surface area contributed by atoms with Crippen molar-refractivity contribution in [2.45, 2.75) is 0 Å². The van der Waals surface area contributed by atoms with Gasteiger partial charge in [0.25, 0.3) is 5.91 Å². The lowest BCUT2D eigenvalue weighted by Gasteiger charge is -2.27. The number of amides is 1. The van der Waals surface area contributed by atoms with Gasteiger partial charge in [-0.15, -0.1) is 0 Å². The van der Waals surface area contributed by atoms with E-state index in [2.05, 4.69) is 21.2 Å². The molecule has 18 heavy (non-hydrogen) atoms. The van der Waals surface area contributed by atoms with Gasteiger partial charge in [0.05, 0.1) is 4.47 Å². The van der Waals surface area contributed by atoms with Crippen LogP contribution >= 0.6 is 15.9 Å². The number of hydrogen-bond donors (Lipinski definition) is 1. The second kappa shape index (κ2) is 6.15. The Labute approximate surface area is 113 Å². The molecule has 0 unspecified atom stereocenters. The number of ether oxygens (including phenoxy) is 1. The molecule has 2 rings (SSSR count). The van der Waals surface area contributed by atoms with Crippen molar-refractivity contribution in [3.05, 3.63) is 28.5 Å². The zero-order valence-electron chi connectivity index (χ0n) is 9.79. The van der Waals surface area contributed by atoms with Gasteiger partial charge in [-0.2, -0.15) is 0 Å². The molecule has 98 valence electrons. The Bertz CT molecular complexity index is 436. The van der Waals surface area contributed by atoms with E-state index in [0.717, 1.165) is 13.1 Å². The van der Waals surface area contributed by atoms with Crippen molar-refractivity contribution in [2.75, 3.05) is 32.8 Å². The molecular weight excluding hydrogens is 303 g/mol. The Kier molecular flexibility index (Phi) is 4.54. The van der Waals surface area contributed by atoms with Crippen LogP contribution in [0.2, 0.25) is 0 Å². The number of halogens is 2. The molecule has 1 aliphatic heterocycles. The normalized spacial score (nSPS) is 15.6. The average Bonchev–Trinajstić information content (AvgIpc) is 2.38. The summed E-state index contributed by atoms with van der Waals surface area (Å²) in [6.07, 6.45) is 0. The molecule has 0 spiro atoms. The lowest BCUT2D eigenvalue weighted by atomic mass is 10.3. The first kappa shape index (κ1) is 13.3. The third-order valence-electron chi connectivity index (χ3n) is 2.71. The third kappa shape index (κ3) is 3.43. The first-order valence-corrected chi connectivity index (χ1v) is 6.52. The van der Waals surface area contributed by atoms with Gasteiger partial charge >= 0.3 is 0 Å². The molecule has 0 radical (unpaired) electrons. The molecule has 1 aromatic carbocycles. The highest BCUT2D eigenvalue weighted by molar-refractivity contribution is 9.10. The van der Waals surface area contributed by atoms with Crippen LogP contribution < -0.4 is 10.1 Å². The molecule has 0 saturated carbocycles. The molecule has 0 atom stereocenters. The number of carbonyl (C=O) groups excluding carboxylic acids is 1. The van der Waals surface area contributed by atoms with Gasteiger partial charge in [0.2, 0.25) is 0 Å². The number of piperazine rings is 1. The number of nitrogens with one attached hydrogen (secondary N) is 1. The minimum absolute atomic E-state index is 0.0236. The maximum atomic E-state index is 12.9. The first-order valence-electron chi connectivity index (χ1n) is 5.73. The summed E-state index contributed by atoms with van der Waals surface area (Å²) >= 11 is 3.19. The number of benzene rings is 1. The van der Waals surface area contributed by atoms with Gasteiger partial charge in [0.15, 0.2) is 6.61 Å². The Morgan fingerprint density at radius 2 is 2.17 bits per heavy atom. The molecule has 1 aliphatic rings. The minimum Gasteiger partial charge on any atom is -0.483 e. The second-order valence-corrected chi connectivity index (χ2v) is 4.85. The van der Waals surface area contributed by atoms with Gasteiger partial charge < -0.3 is 15.0 Å². The lowest BCUT2D eigenvalue weighted by molar-refractivity contribution is -0.133. The van der Waals surface area contributed by atoms with Crippen LogP contribution in [0.4, 0.5) is 4.39 Å². The fourth-order valence-electron chi connectivity index (χ4n) is 1.74. The van der Waals surface area contributed by atoms with E-state index < -0.39 is 0 Å². The fourth-order valence-corrected chi connectivity index (χ4v) is 2.20. The molecule has 1 amide bonds. The summed E-state index contributed by atoms with van der Waals surface area (Å²) in [7, 11) is 0. The number of hydrogen-bond acceptors (Lipinski definition) is 3. The topological polar surface area (TPSA) is 41.6 Å². The van der Waals surface area contributed by atoms with E-state index in [0.29, 0.717) is 23.3 Å². The molecule has 1 N–H and O–H groups in total. The van der Waals surface area contributed by atoms with Crippen molar-refractivity contribution in [3.63, 3.8) is 0 Å². The van der Waals surface area contributed by atoms with Crippen molar-refractivity contribution in [2.24, 2.45) is 0 Å². The van der Waals surface area contributed by atoms with Crippen LogP contribution in [0.1, 0.15) is 0 Å². The van der Waals surface area contributed by atoms with E-state index in [-0.39, 0.29) is 18.3 Å². The predicted octanol–water partition coefficient (Wildman–Crippen LogP) is 1.40. The van der Waals surface area contributed by atoms with Gasteiger partial charge in [-0.1, -0.05) is 0 Å². The van der Waals surface area contributed by atoms with E-state index in [1.54, 1.807) is 4.90 Å². The van der Waals surface area contributed by atoms with Crippen LogP contribution in [0.25, 0.3) is 0 Å². The highest BCUT2D eigenvalue weighted by Crippen LogP contribution is 2.25. The molecule has 1 fully saturated rings. The van der Waals surface area contributed by atoms with Crippen LogP contribution in [0.5, 0.6) is 5.75 Å². The quantitative estimate of drug-likeness (QED) is 0.916. The Hall–Kier alpha value is -1.14. The van der Waals surface area contributed by atoms with E-state index in [9.17, 15) is 9.18 Å². The molecule has 1 aromatic rings. The summed E-state index contributed by atoms with van der Waals surface area (Å²) in [6, 6.07) is 4.12. The van der Waals surface area contributed by atoms with Crippen LogP contribution in [0, 0.1) is 5.82 Å². The number of nitrogens with zero attached hydrogens (tertiary/aromatic N) is 1. The Morgan fingerprint density at radius 1 is 1.44 bits per heavy atom. The van der Waals surface area contributed by atoms with Crippen LogP contribution in [-0.4, -0.2) is 43.6 Å². The summed E-state index contributed by atoms with van der Waals surface area (Å²) < 4.78 is 18.8. The Morgan fingerprint density at radius 3 is 2.83 bits per heavy atom. The maximum absolute atomic E-state index is 12.9. The largest absolute Gasteiger partial charge is 0.483 e. The minimum atomic E-state index is -0.345. The lowest BCUT2D eigenvalue weighted by Crippen LogP contribution is -2.47. The van der Waals surface area contributed by atoms with Gasteiger partial charge in [0, 0.05) is 26.2 Å². The summed E-state index contributed by atoms with van der Waals surface area (Å²) in [5.41, 5.74) is 0. The summed E-state index contributed by atoms with van der Waals surface area (Å²) in [4.78, 5) is 13.6. The molecule has 4 nitrogen and oxygen atoms in total. The summed E-state index contributed by atoms with van der Waals surface area (Å²) in [5, 5.41) is 3.17. The van der Waals surface area contributed by atoms with Crippen molar-refractivity contribution in [1.29, 1.82) is 0 Å². The van der Waals surface area contributed by atoms with Crippen molar-refractivity contribution < 1.29 is 13.9 Å². The predicted molar refractivity (Wildman–Crippen MR) is 69.0 cm³/mol. The standard InChI is InChI=1S/C12H14BrFN2O2/c13-10-7-9(14)1-2-11(10)18-8-12(17)16-5-3-15-4-6-16/h1-2,7,15H,3-6,8H2. The monoisotopic (exact) mass is 316 g/mol. The molecular formula is C12H14BrFN2O2. The SMILES string of the molecule is O=C(COc1ccc(F)cc1Br)N1CCNCC1. The van der Waals surface area contributed by atoms with Gasteiger partial charge in [-0.3, -0.25) is 4.79 Å². The average molecular weight is 317 g/mol. The third-order valence-corrected chi connectivity index (χ3v) is 3.33. The van der Waals surface area contributed by atoms with Gasteiger partial charge in [0.1, 0.15) is 11.6 Å². The van der Waals surface area contributed by atoms with Gasteiger partial charge in [-0.05, 0) is 34.1 Å². The second-order valence-electron chi connectivity index (χ2n) is 3.99. The maximum Gasteiger partial charge on any atom is 0.260 e. The highest BCUT2D eigenvalue weighted by Gasteiger charge is 2.16. The van der Waals surface area contributed by atoms with Crippen LogP contribution in [0.15, 0.2) is 22.7 Å². The van der Waals surface area contributed by atoms with E-state index in [4.69, 9.17) is 4.74 Å². The first-order chi connectivity index (χ1) is 8.66. The molecule has 6 heteroatoms. The molecule has 0 bridgehead atoms. The Balaban J connectivity index is 1.88. The summed E-state index contributed by atoms with van der Waals surface area (Å²) in [6.45, 7) is 3.00. The zero-order valence-corrected chi connectivity index (χ0v) is 11.4. The number of carbonyl (C=O) groups is 1. The number of rotatable bonds is 3. The van der Waals surface area contributed by atoms with E-state index in [1.165, 1.54) is 18.2 Å². The smallest absolute Gasteiger partial charge is 0.260 e. The van der Waals surface area contributed by atoms with Crippen molar-refractivity contribution in [1.82, 2.24) is 10.2 Å². The van der Waals surface area contributed by atoms with E-state index in [1.807, 2.05) is 0 Å². The summed E-state index contributed by atoms with van der Waals surface area (Å²) in [5.74, 6) is 0.0789. The van der Waals surface area contributed by atoms with Gasteiger partial charge in [-0.25, -0.2) is 4.39 Å². The van der Waals surface area contributed by atoms with Crippen LogP contribution in [0.3, 0.4) is 0 Å². The zero-order chi connectivity index (χ0) is 13.0.